The number of nitrogens with zero attached hydrogens (tertiary/aromatic N) is 2. The van der Waals surface area contributed by atoms with Crippen molar-refractivity contribution in [2.24, 2.45) is 0 Å². The van der Waals surface area contributed by atoms with Crippen molar-refractivity contribution in [1.29, 1.82) is 0 Å². The van der Waals surface area contributed by atoms with Crippen molar-refractivity contribution in [2.75, 3.05) is 0 Å². The third-order valence-electron chi connectivity index (χ3n) is 11.6. The van der Waals surface area contributed by atoms with E-state index in [-0.39, 0.29) is 12.3 Å². The van der Waals surface area contributed by atoms with Gasteiger partial charge in [-0.25, -0.2) is 0 Å². The molecular weight excluding hydrogens is 651 g/mol. The lowest BCUT2D eigenvalue weighted by Gasteiger charge is -2.54. The van der Waals surface area contributed by atoms with Crippen molar-refractivity contribution in [1.82, 2.24) is 14.8 Å². The van der Waals surface area contributed by atoms with Gasteiger partial charge in [0, 0.05) is 42.7 Å². The van der Waals surface area contributed by atoms with E-state index < -0.39 is 0 Å². The Morgan fingerprint density at radius 1 is 0.538 bits per heavy atom. The van der Waals surface area contributed by atoms with Gasteiger partial charge in [-0.2, -0.15) is 0 Å². The van der Waals surface area contributed by atoms with Crippen molar-refractivity contribution in [2.45, 2.75) is 37.6 Å². The van der Waals surface area contributed by atoms with Crippen LogP contribution in [0.5, 0.6) is 0 Å². The molecule has 3 unspecified atom stereocenters. The van der Waals surface area contributed by atoms with Crippen molar-refractivity contribution < 1.29 is 0 Å². The summed E-state index contributed by atoms with van der Waals surface area (Å²) in [6.45, 7) is 0. The lowest BCUT2D eigenvalue weighted by Crippen LogP contribution is -2.61. The highest BCUT2D eigenvalue weighted by Crippen LogP contribution is 2.46. The van der Waals surface area contributed by atoms with Gasteiger partial charge in [0.05, 0.1) is 23.4 Å². The third kappa shape index (κ3) is 4.72. The molecule has 1 aliphatic heterocycles. The highest BCUT2D eigenvalue weighted by atomic mass is 32.1. The highest BCUT2D eigenvalue weighted by Gasteiger charge is 2.43. The van der Waals surface area contributed by atoms with Crippen LogP contribution in [-0.2, 0) is 0 Å². The summed E-state index contributed by atoms with van der Waals surface area (Å²) in [5, 5.41) is 11.9. The van der Waals surface area contributed by atoms with Crippen molar-refractivity contribution >= 4 is 69.8 Å². The summed E-state index contributed by atoms with van der Waals surface area (Å²) in [6.07, 6.45) is 6.13. The van der Waals surface area contributed by atoms with E-state index in [0.717, 1.165) is 19.3 Å². The molecule has 0 saturated carbocycles. The van der Waals surface area contributed by atoms with Crippen LogP contribution in [0.15, 0.2) is 164 Å². The molecule has 11 rings (SSSR count). The van der Waals surface area contributed by atoms with Crippen molar-refractivity contribution in [3.05, 3.63) is 175 Å². The summed E-state index contributed by atoms with van der Waals surface area (Å²) in [4.78, 5) is 2.72. The fourth-order valence-electron chi connectivity index (χ4n) is 9.08. The van der Waals surface area contributed by atoms with Crippen LogP contribution in [0.4, 0.5) is 0 Å². The minimum absolute atomic E-state index is 0.218. The topological polar surface area (TPSA) is 20.2 Å². The van der Waals surface area contributed by atoms with Gasteiger partial charge in [0.15, 0.2) is 0 Å². The van der Waals surface area contributed by atoms with Gasteiger partial charge in [-0.1, -0.05) is 127 Å². The van der Waals surface area contributed by atoms with E-state index in [2.05, 4.69) is 179 Å². The Morgan fingerprint density at radius 3 is 1.92 bits per heavy atom. The second-order valence-corrected chi connectivity index (χ2v) is 15.5. The molecule has 3 heterocycles. The molecule has 0 amide bonds. The monoisotopic (exact) mass is 687 g/mol. The Balaban J connectivity index is 1.01. The summed E-state index contributed by atoms with van der Waals surface area (Å²) in [7, 11) is 0. The summed E-state index contributed by atoms with van der Waals surface area (Å²) in [6, 6.07) is 58.8. The van der Waals surface area contributed by atoms with Crippen LogP contribution >= 0.6 is 11.3 Å². The fraction of sp³-hybridized carbons (Fsp3) is 0.125. The minimum atomic E-state index is 0.218. The second-order valence-electron chi connectivity index (χ2n) is 14.4. The van der Waals surface area contributed by atoms with Gasteiger partial charge in [0.25, 0.3) is 0 Å². The molecule has 0 spiro atoms. The van der Waals surface area contributed by atoms with Crippen LogP contribution < -0.4 is 5.32 Å². The van der Waals surface area contributed by atoms with Gasteiger partial charge in [0.1, 0.15) is 0 Å². The first-order chi connectivity index (χ1) is 25.8. The van der Waals surface area contributed by atoms with Gasteiger partial charge in [-0.3, -0.25) is 10.2 Å². The second kappa shape index (κ2) is 12.0. The Kier molecular flexibility index (Phi) is 6.97. The Hall–Kier alpha value is -5.52. The number of benzene rings is 7. The van der Waals surface area contributed by atoms with Crippen LogP contribution in [0.1, 0.15) is 42.7 Å². The minimum Gasteiger partial charge on any atom is -0.313 e. The zero-order chi connectivity index (χ0) is 34.2. The predicted molar refractivity (Wildman–Crippen MR) is 221 cm³/mol. The molecular formula is C48H37N3S. The molecule has 0 radical (unpaired) electrons. The van der Waals surface area contributed by atoms with E-state index in [4.69, 9.17) is 0 Å². The van der Waals surface area contributed by atoms with Gasteiger partial charge < -0.3 is 4.57 Å². The Morgan fingerprint density at radius 2 is 1.17 bits per heavy atom. The normalized spacial score (nSPS) is 19.5. The zero-order valence-corrected chi connectivity index (χ0v) is 29.6. The van der Waals surface area contributed by atoms with Gasteiger partial charge in [-0.15, -0.1) is 11.3 Å². The molecule has 2 aliphatic rings. The molecule has 1 N–H and O–H groups in total. The van der Waals surface area contributed by atoms with E-state index in [1.54, 1.807) is 0 Å². The third-order valence-corrected chi connectivity index (χ3v) is 12.7. The number of allylic oxidation sites excluding steroid dienone is 1. The van der Waals surface area contributed by atoms with Crippen LogP contribution in [0.3, 0.4) is 0 Å². The van der Waals surface area contributed by atoms with E-state index in [0.29, 0.717) is 6.04 Å². The number of thiophene rings is 1. The van der Waals surface area contributed by atoms with Gasteiger partial charge in [0.2, 0.25) is 0 Å². The van der Waals surface area contributed by atoms with Gasteiger partial charge >= 0.3 is 0 Å². The number of fused-ring (bicyclic) bond motifs is 8. The molecule has 1 saturated heterocycles. The molecule has 0 bridgehead atoms. The molecule has 52 heavy (non-hydrogen) atoms. The number of nitrogens with one attached hydrogen (secondary N) is 1. The van der Waals surface area contributed by atoms with Crippen molar-refractivity contribution in [3.63, 3.8) is 0 Å². The average Bonchev–Trinajstić information content (AvgIpc) is 3.74. The summed E-state index contributed by atoms with van der Waals surface area (Å²) in [5.41, 5.74) is 9.19. The maximum atomic E-state index is 3.90. The molecule has 3 nitrogen and oxygen atoms in total. The van der Waals surface area contributed by atoms with E-state index >= 15 is 0 Å². The number of rotatable bonds is 5. The highest BCUT2D eigenvalue weighted by molar-refractivity contribution is 7.25. The number of hydrogen-bond acceptors (Lipinski definition) is 3. The maximum absolute atomic E-state index is 3.90. The summed E-state index contributed by atoms with van der Waals surface area (Å²) >= 11 is 1.88. The van der Waals surface area contributed by atoms with E-state index in [9.17, 15) is 0 Å². The summed E-state index contributed by atoms with van der Waals surface area (Å²) in [5.74, 6) is 0. The summed E-state index contributed by atoms with van der Waals surface area (Å²) < 4.78 is 5.26. The van der Waals surface area contributed by atoms with Crippen molar-refractivity contribution in [3.8, 4) is 11.1 Å². The first kappa shape index (κ1) is 30.1. The smallest absolute Gasteiger partial charge is 0.0892 e. The molecule has 1 fully saturated rings. The van der Waals surface area contributed by atoms with Crippen LogP contribution in [-0.4, -0.2) is 15.5 Å². The molecule has 250 valence electrons. The zero-order valence-electron chi connectivity index (χ0n) is 28.7. The molecule has 3 atom stereocenters. The van der Waals surface area contributed by atoms with Crippen LogP contribution in [0.25, 0.3) is 69.6 Å². The number of hydrogen-bond donors (Lipinski definition) is 1. The molecule has 9 aromatic rings. The van der Waals surface area contributed by atoms with Crippen LogP contribution in [0, 0.1) is 0 Å². The lowest BCUT2D eigenvalue weighted by molar-refractivity contribution is -0.0707. The average molecular weight is 688 g/mol. The first-order valence-electron chi connectivity index (χ1n) is 18.5. The predicted octanol–water partition coefficient (Wildman–Crippen LogP) is 12.7. The molecule has 4 heteroatoms. The lowest BCUT2D eigenvalue weighted by atomic mass is 9.91. The quantitative estimate of drug-likeness (QED) is 0.194. The van der Waals surface area contributed by atoms with E-state index in [1.165, 1.54) is 80.7 Å². The SMILES string of the molecule is C1=C(n2c3ccc(-c4ccc5sc6ccccc6c5c4)cc3c3c4ccccc4ccc32)CCC(N2C(c3ccccc3)NC2c2ccccc2)C1. The van der Waals surface area contributed by atoms with Gasteiger partial charge in [-0.05, 0) is 88.7 Å². The largest absolute Gasteiger partial charge is 0.313 e. The standard InChI is InChI=1S/C48H37N3S/c1-3-12-32(13-4-1)47-49-48(33-14-5-2-6-15-33)51(47)37-24-22-36(23-25-37)50-42-26-20-34(30-41(42)46-38-16-8-7-11-31(38)19-27-43(46)50)35-21-28-45-40(29-35)39-17-9-10-18-44(39)52-45/h1-22,26-30,37,47-49H,23-25H2. The Bertz CT molecular complexity index is 2780. The van der Waals surface area contributed by atoms with E-state index in [1.807, 2.05) is 11.3 Å². The molecule has 2 aromatic heterocycles. The maximum Gasteiger partial charge on any atom is 0.0892 e. The van der Waals surface area contributed by atoms with Crippen LogP contribution in [0.2, 0.25) is 0 Å². The fourth-order valence-corrected chi connectivity index (χ4v) is 10.2. The number of aromatic nitrogens is 1. The molecule has 7 aromatic carbocycles. The first-order valence-corrected chi connectivity index (χ1v) is 19.3. The molecule has 1 aliphatic carbocycles. The Labute approximate surface area is 307 Å².